The fraction of sp³-hybridized carbons (Fsp3) is 0.636. The van der Waals surface area contributed by atoms with Gasteiger partial charge in [-0.05, 0) is 18.3 Å². The Morgan fingerprint density at radius 2 is 2.07 bits per heavy atom. The second-order valence-electron chi connectivity index (χ2n) is 4.27. The molecule has 15 heavy (non-hydrogen) atoms. The molecule has 0 radical (unpaired) electrons. The molecule has 0 heterocycles. The summed E-state index contributed by atoms with van der Waals surface area (Å²) in [5.74, 6) is -1.68. The van der Waals surface area contributed by atoms with E-state index in [1.165, 1.54) is 6.08 Å². The Morgan fingerprint density at radius 1 is 1.47 bits per heavy atom. The van der Waals surface area contributed by atoms with E-state index >= 15 is 0 Å². The molecule has 0 saturated heterocycles. The van der Waals surface area contributed by atoms with Crippen molar-refractivity contribution in [2.24, 2.45) is 17.3 Å². The molecule has 2 atom stereocenters. The van der Waals surface area contributed by atoms with Crippen LogP contribution in [0.4, 0.5) is 0 Å². The average molecular weight is 212 g/mol. The van der Waals surface area contributed by atoms with E-state index in [2.05, 4.69) is 0 Å². The third-order valence-corrected chi connectivity index (χ3v) is 2.90. The highest BCUT2D eigenvalue weighted by atomic mass is 16.5. The van der Waals surface area contributed by atoms with Crippen LogP contribution in [0.2, 0.25) is 0 Å². The molecule has 0 aliphatic heterocycles. The topological polar surface area (TPSA) is 63.6 Å². The van der Waals surface area contributed by atoms with Gasteiger partial charge in [-0.1, -0.05) is 19.9 Å². The van der Waals surface area contributed by atoms with Crippen molar-refractivity contribution in [3.05, 3.63) is 12.2 Å². The summed E-state index contributed by atoms with van der Waals surface area (Å²) in [7, 11) is 0. The van der Waals surface area contributed by atoms with Gasteiger partial charge in [-0.25, -0.2) is 4.79 Å². The fourth-order valence-electron chi connectivity index (χ4n) is 1.88. The highest BCUT2D eigenvalue weighted by Gasteiger charge is 2.60. The van der Waals surface area contributed by atoms with Gasteiger partial charge in [-0.2, -0.15) is 0 Å². The SMILES string of the molecule is CCOC(=O)C=C[C@@H]1[C@H](C(=O)O)C1(C)C. The molecule has 0 amide bonds. The predicted octanol–water partition coefficient (Wildman–Crippen LogP) is 1.46. The normalized spacial score (nSPS) is 27.7. The standard InChI is InChI=1S/C11H16O4/c1-4-15-8(12)6-5-7-9(10(13)14)11(7,2)3/h5-7,9H,4H2,1-3H3,(H,13,14)/t7-,9-/m1/s1. The van der Waals surface area contributed by atoms with E-state index in [0.29, 0.717) is 6.61 Å². The average Bonchev–Trinajstić information content (AvgIpc) is 2.65. The molecule has 1 N–H and O–H groups in total. The van der Waals surface area contributed by atoms with Crippen molar-refractivity contribution in [2.75, 3.05) is 6.61 Å². The lowest BCUT2D eigenvalue weighted by molar-refractivity contribution is -0.140. The van der Waals surface area contributed by atoms with Crippen LogP contribution in [0.15, 0.2) is 12.2 Å². The van der Waals surface area contributed by atoms with Crippen LogP contribution in [0.5, 0.6) is 0 Å². The van der Waals surface area contributed by atoms with Gasteiger partial charge in [0, 0.05) is 6.08 Å². The van der Waals surface area contributed by atoms with Gasteiger partial charge < -0.3 is 9.84 Å². The molecule has 1 aliphatic carbocycles. The van der Waals surface area contributed by atoms with E-state index in [9.17, 15) is 9.59 Å². The number of hydrogen-bond donors (Lipinski definition) is 1. The third-order valence-electron chi connectivity index (χ3n) is 2.90. The summed E-state index contributed by atoms with van der Waals surface area (Å²) in [6.07, 6.45) is 2.95. The van der Waals surface area contributed by atoms with Gasteiger partial charge in [0.25, 0.3) is 0 Å². The minimum absolute atomic E-state index is 0.0700. The first-order valence-electron chi connectivity index (χ1n) is 4.99. The summed E-state index contributed by atoms with van der Waals surface area (Å²) in [6.45, 7) is 5.82. The van der Waals surface area contributed by atoms with Crippen LogP contribution in [0.3, 0.4) is 0 Å². The minimum Gasteiger partial charge on any atom is -0.481 e. The van der Waals surface area contributed by atoms with Crippen LogP contribution in [0.25, 0.3) is 0 Å². The van der Waals surface area contributed by atoms with Crippen molar-refractivity contribution in [3.8, 4) is 0 Å². The van der Waals surface area contributed by atoms with E-state index in [4.69, 9.17) is 9.84 Å². The molecule has 1 fully saturated rings. The van der Waals surface area contributed by atoms with Gasteiger partial charge in [0.15, 0.2) is 0 Å². The zero-order valence-corrected chi connectivity index (χ0v) is 9.19. The lowest BCUT2D eigenvalue weighted by atomic mass is 10.1. The molecule has 0 aromatic heterocycles. The van der Waals surface area contributed by atoms with Gasteiger partial charge in [-0.15, -0.1) is 0 Å². The largest absolute Gasteiger partial charge is 0.481 e. The maximum Gasteiger partial charge on any atom is 0.330 e. The number of ether oxygens (including phenoxy) is 1. The summed E-state index contributed by atoms with van der Waals surface area (Å²) in [6, 6.07) is 0. The second-order valence-corrected chi connectivity index (χ2v) is 4.27. The number of hydrogen-bond acceptors (Lipinski definition) is 3. The zero-order valence-electron chi connectivity index (χ0n) is 9.19. The number of carbonyl (C=O) groups is 2. The quantitative estimate of drug-likeness (QED) is 0.566. The van der Waals surface area contributed by atoms with E-state index in [-0.39, 0.29) is 17.3 Å². The summed E-state index contributed by atoms with van der Waals surface area (Å²) in [4.78, 5) is 21.8. The van der Waals surface area contributed by atoms with Crippen LogP contribution in [0.1, 0.15) is 20.8 Å². The predicted molar refractivity (Wildman–Crippen MR) is 54.2 cm³/mol. The van der Waals surface area contributed by atoms with Crippen molar-refractivity contribution in [1.82, 2.24) is 0 Å². The van der Waals surface area contributed by atoms with Gasteiger partial charge in [0.2, 0.25) is 0 Å². The van der Waals surface area contributed by atoms with Crippen molar-refractivity contribution in [3.63, 3.8) is 0 Å². The summed E-state index contributed by atoms with van der Waals surface area (Å²) >= 11 is 0. The summed E-state index contributed by atoms with van der Waals surface area (Å²) < 4.78 is 4.71. The van der Waals surface area contributed by atoms with E-state index in [1.54, 1.807) is 13.0 Å². The first-order chi connectivity index (χ1) is 6.91. The molecular weight excluding hydrogens is 196 g/mol. The number of carbonyl (C=O) groups excluding carboxylic acids is 1. The maximum absolute atomic E-state index is 11.0. The van der Waals surface area contributed by atoms with Crippen LogP contribution >= 0.6 is 0 Å². The van der Waals surface area contributed by atoms with Gasteiger partial charge in [0.1, 0.15) is 0 Å². The second kappa shape index (κ2) is 4.04. The maximum atomic E-state index is 11.0. The first kappa shape index (κ1) is 11.8. The number of esters is 1. The van der Waals surface area contributed by atoms with Gasteiger partial charge >= 0.3 is 11.9 Å². The monoisotopic (exact) mass is 212 g/mol. The molecule has 0 bridgehead atoms. The lowest BCUT2D eigenvalue weighted by Gasteiger charge is -1.97. The molecule has 0 spiro atoms. The minimum atomic E-state index is -0.807. The Balaban J connectivity index is 2.55. The number of allylic oxidation sites excluding steroid dienone is 1. The highest BCUT2D eigenvalue weighted by Crippen LogP contribution is 2.58. The Hall–Kier alpha value is -1.32. The molecule has 0 aromatic rings. The number of carboxylic acids is 1. The zero-order chi connectivity index (χ0) is 11.6. The van der Waals surface area contributed by atoms with E-state index in [1.807, 2.05) is 13.8 Å². The molecule has 1 rings (SSSR count). The van der Waals surface area contributed by atoms with Crippen molar-refractivity contribution in [2.45, 2.75) is 20.8 Å². The molecule has 0 aromatic carbocycles. The molecule has 4 heteroatoms. The molecule has 4 nitrogen and oxygen atoms in total. The van der Waals surface area contributed by atoms with E-state index < -0.39 is 11.9 Å². The number of carboxylic acid groups (broad SMARTS) is 1. The van der Waals surface area contributed by atoms with Crippen molar-refractivity contribution >= 4 is 11.9 Å². The fourth-order valence-corrected chi connectivity index (χ4v) is 1.88. The van der Waals surface area contributed by atoms with Gasteiger partial charge in [0.05, 0.1) is 12.5 Å². The smallest absolute Gasteiger partial charge is 0.330 e. The van der Waals surface area contributed by atoms with Crippen LogP contribution in [-0.4, -0.2) is 23.7 Å². The van der Waals surface area contributed by atoms with Crippen molar-refractivity contribution < 1.29 is 19.4 Å². The highest BCUT2D eigenvalue weighted by molar-refractivity contribution is 5.83. The molecule has 1 saturated carbocycles. The molecule has 0 unspecified atom stereocenters. The van der Waals surface area contributed by atoms with Crippen LogP contribution < -0.4 is 0 Å². The van der Waals surface area contributed by atoms with Crippen molar-refractivity contribution in [1.29, 1.82) is 0 Å². The van der Waals surface area contributed by atoms with Crippen LogP contribution in [-0.2, 0) is 14.3 Å². The number of aliphatic carboxylic acids is 1. The lowest BCUT2D eigenvalue weighted by Crippen LogP contribution is -2.03. The summed E-state index contributed by atoms with van der Waals surface area (Å²) in [5.41, 5.74) is -0.255. The molecular formula is C11H16O4. The molecule has 84 valence electrons. The van der Waals surface area contributed by atoms with Gasteiger partial charge in [-0.3, -0.25) is 4.79 Å². The van der Waals surface area contributed by atoms with Crippen LogP contribution in [0, 0.1) is 17.3 Å². The Morgan fingerprint density at radius 3 is 2.47 bits per heavy atom. The molecule has 1 aliphatic rings. The number of rotatable bonds is 4. The Kier molecular flexibility index (Phi) is 3.17. The first-order valence-corrected chi connectivity index (χ1v) is 4.99. The third kappa shape index (κ3) is 2.37. The van der Waals surface area contributed by atoms with E-state index in [0.717, 1.165) is 0 Å². The Bertz CT molecular complexity index is 304. The summed E-state index contributed by atoms with van der Waals surface area (Å²) in [5, 5.41) is 8.88. The Labute approximate surface area is 88.9 Å².